The van der Waals surface area contributed by atoms with Crippen LogP contribution in [0.2, 0.25) is 0 Å². The maximum Gasteiger partial charge on any atom is 4.00 e. The first-order valence-electron chi connectivity index (χ1n) is 9.81. The zero-order valence-corrected chi connectivity index (χ0v) is 22.3. The van der Waals surface area contributed by atoms with Gasteiger partial charge in [0.1, 0.15) is 5.75 Å². The van der Waals surface area contributed by atoms with Gasteiger partial charge < -0.3 is 4.74 Å². The Morgan fingerprint density at radius 1 is 0.639 bits per heavy atom. The fraction of sp³-hybridized carbons (Fsp3) is 0.0769. The summed E-state index contributed by atoms with van der Waals surface area (Å²) >= 11 is 0. The van der Waals surface area contributed by atoms with Crippen LogP contribution in [0.25, 0.3) is 0 Å². The molecule has 190 valence electrons. The van der Waals surface area contributed by atoms with Gasteiger partial charge in [-0.05, 0) is 12.1 Å². The molecule has 0 spiro atoms. The van der Waals surface area contributed by atoms with Crippen LogP contribution in [-0.2, 0) is 39.1 Å². The molecule has 36 heavy (non-hydrogen) atoms. The van der Waals surface area contributed by atoms with Crippen molar-refractivity contribution >= 4 is 10.1 Å². The van der Waals surface area contributed by atoms with Crippen molar-refractivity contribution in [3.05, 3.63) is 133 Å². The van der Waals surface area contributed by atoms with Crippen LogP contribution in [-0.4, -0.2) is 21.0 Å². The first-order chi connectivity index (χ1) is 16.8. The van der Waals surface area contributed by atoms with Gasteiger partial charge in [-0.25, -0.2) is 4.89 Å². The van der Waals surface area contributed by atoms with Crippen LogP contribution in [0.4, 0.5) is 13.2 Å². The van der Waals surface area contributed by atoms with Crippen molar-refractivity contribution in [1.82, 2.24) is 0 Å². The number of hydrogen-bond acceptors (Lipinski definition) is 5. The Morgan fingerprint density at radius 3 is 1.33 bits per heavy atom. The van der Waals surface area contributed by atoms with Gasteiger partial charge in [0.15, 0.2) is 0 Å². The summed E-state index contributed by atoms with van der Waals surface area (Å²) in [6.45, 7) is 0. The molecule has 4 rings (SSSR count). The maximum absolute atomic E-state index is 11.2. The van der Waals surface area contributed by atoms with E-state index in [-0.39, 0.29) is 19.8 Å². The van der Waals surface area contributed by atoms with Crippen molar-refractivity contribution in [3.8, 4) is 11.5 Å². The first-order valence-corrected chi connectivity index (χ1v) is 11.2. The molecule has 0 fully saturated rings. The molecule has 0 bridgehead atoms. The molecule has 4 aromatic rings. The van der Waals surface area contributed by atoms with E-state index >= 15 is 0 Å². The second-order valence-corrected chi connectivity index (χ2v) is 7.45. The van der Waals surface area contributed by atoms with E-state index in [0.29, 0.717) is 7.11 Å². The number of para-hydroxylation sites is 1. The summed E-state index contributed by atoms with van der Waals surface area (Å²) in [7, 11) is -4.91. The molecule has 4 aromatic carbocycles. The minimum absolute atomic E-state index is 0. The van der Waals surface area contributed by atoms with Crippen LogP contribution >= 0.6 is 0 Å². The number of halogens is 3. The summed E-state index contributed by atoms with van der Waals surface area (Å²) in [5.41, 5.74) is -5.43. The monoisotopic (exact) mass is 695 g/mol. The average molecular weight is 694 g/mol. The molecular formula is C26H22F3O5OsS+. The summed E-state index contributed by atoms with van der Waals surface area (Å²) in [4.78, 5) is 3.33. The Morgan fingerprint density at radius 2 is 1.03 bits per heavy atom. The largest absolute Gasteiger partial charge is 4.00 e. The molecule has 0 N–H and O–H groups in total. The van der Waals surface area contributed by atoms with Gasteiger partial charge in [0.05, 0.1) is 7.11 Å². The number of hydrogen-bond donors (Lipinski definition) is 0. The maximum atomic E-state index is 11.2. The molecule has 0 aliphatic carbocycles. The van der Waals surface area contributed by atoms with E-state index in [0.717, 1.165) is 11.5 Å². The minimum Gasteiger partial charge on any atom is -0.483 e. The summed E-state index contributed by atoms with van der Waals surface area (Å²) in [5, 5.41) is 0. The van der Waals surface area contributed by atoms with Gasteiger partial charge in [-0.15, -0.1) is 16.5 Å². The Balaban J connectivity index is 0.000000474. The van der Waals surface area contributed by atoms with E-state index in [2.05, 4.69) is 27.4 Å². The van der Waals surface area contributed by atoms with Crippen LogP contribution < -0.4 is 4.74 Å². The van der Waals surface area contributed by atoms with Crippen molar-refractivity contribution in [1.29, 1.82) is 0 Å². The van der Waals surface area contributed by atoms with Gasteiger partial charge in [-0.3, -0.25) is 0 Å². The Kier molecular flexibility index (Phi) is 17.6. The molecule has 0 aliphatic rings. The normalized spacial score (nSPS) is 9.89. The summed E-state index contributed by atoms with van der Waals surface area (Å²) < 4.78 is 61.7. The third kappa shape index (κ3) is 15.8. The third-order valence-corrected chi connectivity index (χ3v) is 4.20. The summed E-state index contributed by atoms with van der Waals surface area (Å²) in [5.74, 6) is 1.69. The summed E-state index contributed by atoms with van der Waals surface area (Å²) in [6, 6.07) is 45.1. The van der Waals surface area contributed by atoms with Gasteiger partial charge in [-0.2, -0.15) is 113 Å². The second-order valence-electron chi connectivity index (χ2n) is 5.94. The van der Waals surface area contributed by atoms with Crippen LogP contribution in [0, 0.1) is 18.2 Å². The quantitative estimate of drug-likeness (QED) is 0.104. The minimum atomic E-state index is -5.57. The number of benzene rings is 4. The predicted molar refractivity (Wildman–Crippen MR) is 125 cm³/mol. The molecule has 0 amide bonds. The van der Waals surface area contributed by atoms with E-state index in [4.69, 9.17) is 4.74 Å². The topological polar surface area (TPSA) is 61.8 Å². The molecule has 0 saturated carbocycles. The third-order valence-electron chi connectivity index (χ3n) is 3.32. The first kappa shape index (κ1) is 33.0. The summed E-state index contributed by atoms with van der Waals surface area (Å²) in [6.07, 6.45) is 0. The van der Waals surface area contributed by atoms with Gasteiger partial charge in [0.25, 0.3) is 0 Å². The van der Waals surface area contributed by atoms with Crippen LogP contribution in [0.3, 0.4) is 0 Å². The van der Waals surface area contributed by atoms with Crippen molar-refractivity contribution in [2.24, 2.45) is 0 Å². The van der Waals surface area contributed by atoms with E-state index in [1.54, 1.807) is 0 Å². The van der Waals surface area contributed by atoms with E-state index in [9.17, 15) is 21.6 Å². The fourth-order valence-electron chi connectivity index (χ4n) is 1.88. The Hall–Kier alpha value is -3.02. The van der Waals surface area contributed by atoms with Crippen molar-refractivity contribution in [2.75, 3.05) is 7.11 Å². The van der Waals surface area contributed by atoms with Crippen molar-refractivity contribution in [3.63, 3.8) is 0 Å². The van der Waals surface area contributed by atoms with E-state index in [1.165, 1.54) is 0 Å². The van der Waals surface area contributed by atoms with Crippen LogP contribution in [0.15, 0.2) is 115 Å². The van der Waals surface area contributed by atoms with Gasteiger partial charge in [0, 0.05) is 5.75 Å². The second kappa shape index (κ2) is 19.2. The van der Waals surface area contributed by atoms with E-state index in [1.807, 2.05) is 115 Å². The molecule has 0 aromatic heterocycles. The molecule has 0 saturated heterocycles. The number of rotatable bonds is 4. The molecule has 0 unspecified atom stereocenters. The SMILES string of the molecule is COOS(=O)(=O)C(F)(F)F.[Os+4].[c-]1ccc(Oc2ccccc2)cc1.[c-]1ccccc1.[c-]1ccccc1. The fourth-order valence-corrected chi connectivity index (χ4v) is 2.13. The van der Waals surface area contributed by atoms with Crippen LogP contribution in [0.1, 0.15) is 0 Å². The number of alkyl halides is 3. The zero-order chi connectivity index (χ0) is 25.8. The molecule has 0 heterocycles. The smallest absolute Gasteiger partial charge is 0.483 e. The Bertz CT molecular complexity index is 995. The average Bonchev–Trinajstić information content (AvgIpc) is 2.88. The van der Waals surface area contributed by atoms with Gasteiger partial charge in [0.2, 0.25) is 0 Å². The zero-order valence-electron chi connectivity index (χ0n) is 18.9. The van der Waals surface area contributed by atoms with Crippen molar-refractivity contribution < 1.29 is 55.3 Å². The van der Waals surface area contributed by atoms with Gasteiger partial charge in [-0.1, -0.05) is 18.2 Å². The molecule has 10 heteroatoms. The molecule has 5 nitrogen and oxygen atoms in total. The Labute approximate surface area is 222 Å². The standard InChI is InChI=1S/C12H9O.2C6H5.C2H3F3O4S.Os/c1-3-7-11(8-4-1)13-12-9-5-2-6-10-12;2*1-2-4-6-5-3-1;1-8-9-10(6,7)2(3,4)5;/h1,3-10H;2*1-5H;1H3;/q3*-1;;+4. The molecule has 0 aliphatic heterocycles. The van der Waals surface area contributed by atoms with Crippen LogP contribution in [0.5, 0.6) is 11.5 Å². The number of ether oxygens (including phenoxy) is 1. The predicted octanol–water partition coefficient (Wildman–Crippen LogP) is 6.66. The molecule has 0 radical (unpaired) electrons. The van der Waals surface area contributed by atoms with Gasteiger partial charge >= 0.3 is 35.4 Å². The molecule has 0 atom stereocenters. The van der Waals surface area contributed by atoms with Crippen molar-refractivity contribution in [2.45, 2.75) is 5.51 Å². The van der Waals surface area contributed by atoms with E-state index < -0.39 is 15.6 Å². The molecular weight excluding hydrogens is 672 g/mol.